The molecule has 1 heterocycles. The van der Waals surface area contributed by atoms with E-state index in [4.69, 9.17) is 9.26 Å². The molecule has 32 heavy (non-hydrogen) atoms. The van der Waals surface area contributed by atoms with Gasteiger partial charge in [-0.1, -0.05) is 30.3 Å². The predicted octanol–water partition coefficient (Wildman–Crippen LogP) is 4.49. The lowest BCUT2D eigenvalue weighted by molar-refractivity contribution is 0.258. The highest BCUT2D eigenvalue weighted by atomic mass is 16.5. The Morgan fingerprint density at radius 1 is 0.969 bits per heavy atom. The molecule has 0 saturated heterocycles. The van der Waals surface area contributed by atoms with Gasteiger partial charge in [-0.05, 0) is 84.0 Å². The zero-order valence-corrected chi connectivity index (χ0v) is 18.1. The van der Waals surface area contributed by atoms with Crippen LogP contribution in [-0.4, -0.2) is 9.72 Å². The molecule has 1 aromatic heterocycles. The number of aromatic amines is 1. The molecule has 163 valence electrons. The van der Waals surface area contributed by atoms with E-state index >= 15 is 0 Å². The number of nitrogens with zero attached hydrogens (tertiary/aromatic N) is 1. The van der Waals surface area contributed by atoms with E-state index < -0.39 is 11.4 Å². The number of hydrogen-bond acceptors (Lipinski definition) is 4. The summed E-state index contributed by atoms with van der Waals surface area (Å²) in [5, 5.41) is 11.8. The van der Waals surface area contributed by atoms with Crippen LogP contribution in [0.1, 0.15) is 27.8 Å². The molecule has 0 saturated carbocycles. The lowest BCUT2D eigenvalue weighted by Crippen LogP contribution is -2.17. The van der Waals surface area contributed by atoms with Gasteiger partial charge in [0.2, 0.25) is 0 Å². The fraction of sp³-hybridized carbons (Fsp3) is 0.200. The topological polar surface area (TPSA) is 97.1 Å². The van der Waals surface area contributed by atoms with Crippen molar-refractivity contribution in [1.82, 2.24) is 9.72 Å². The second-order valence-corrected chi connectivity index (χ2v) is 7.80. The van der Waals surface area contributed by atoms with Crippen molar-refractivity contribution in [3.8, 4) is 22.6 Å². The van der Waals surface area contributed by atoms with Gasteiger partial charge in [0.15, 0.2) is 5.75 Å². The maximum atomic E-state index is 11.8. The van der Waals surface area contributed by atoms with Crippen molar-refractivity contribution in [2.45, 2.75) is 33.9 Å². The van der Waals surface area contributed by atoms with Gasteiger partial charge < -0.3 is 9.26 Å². The largest absolute Gasteiger partial charge is 0.489 e. The summed E-state index contributed by atoms with van der Waals surface area (Å²) in [5.41, 5.74) is 6.48. The SMILES string of the molecule is Cc1cc([O])cc(C)c1-c1cccc(COc2ccc(Cn3oc(=O)[nH]c3=O)cc2)c1C. The lowest BCUT2D eigenvalue weighted by Gasteiger charge is -2.16. The number of aromatic nitrogens is 2. The van der Waals surface area contributed by atoms with Crippen LogP contribution >= 0.6 is 0 Å². The zero-order chi connectivity index (χ0) is 22.8. The molecule has 0 aliphatic carbocycles. The van der Waals surface area contributed by atoms with E-state index in [1.807, 2.05) is 50.2 Å². The first-order valence-electron chi connectivity index (χ1n) is 10.2. The monoisotopic (exact) mass is 431 g/mol. The number of H-pyrrole nitrogens is 1. The summed E-state index contributed by atoms with van der Waals surface area (Å²) in [5.74, 6) is -0.0701. The van der Waals surface area contributed by atoms with Gasteiger partial charge >= 0.3 is 11.4 Å². The van der Waals surface area contributed by atoms with Gasteiger partial charge in [0.25, 0.3) is 0 Å². The van der Waals surface area contributed by atoms with Crippen molar-refractivity contribution >= 4 is 0 Å². The van der Waals surface area contributed by atoms with Crippen LogP contribution in [0.5, 0.6) is 11.5 Å². The smallest absolute Gasteiger partial charge is 0.440 e. The first-order valence-corrected chi connectivity index (χ1v) is 10.2. The number of hydrogen-bond donors (Lipinski definition) is 1. The van der Waals surface area contributed by atoms with Gasteiger partial charge in [-0.25, -0.2) is 14.6 Å². The number of benzene rings is 3. The number of nitrogens with one attached hydrogen (secondary N) is 1. The Hall–Kier alpha value is -4.00. The van der Waals surface area contributed by atoms with E-state index in [0.717, 1.165) is 43.7 Å². The minimum absolute atomic E-state index is 0.0212. The minimum atomic E-state index is -0.776. The van der Waals surface area contributed by atoms with Crippen LogP contribution in [-0.2, 0) is 18.3 Å². The van der Waals surface area contributed by atoms with Crippen molar-refractivity contribution < 1.29 is 14.4 Å². The molecule has 0 aliphatic heterocycles. The first-order chi connectivity index (χ1) is 15.3. The van der Waals surface area contributed by atoms with Gasteiger partial charge in [-0.15, -0.1) is 4.74 Å². The van der Waals surface area contributed by atoms with Crippen molar-refractivity contribution in [3.05, 3.63) is 103 Å². The molecular weight excluding hydrogens is 408 g/mol. The van der Waals surface area contributed by atoms with Gasteiger partial charge in [0, 0.05) is 0 Å². The number of aryl methyl sites for hydroxylation is 2. The molecule has 0 atom stereocenters. The van der Waals surface area contributed by atoms with Crippen LogP contribution in [0.15, 0.2) is 68.7 Å². The Bertz CT molecular complexity index is 1350. The van der Waals surface area contributed by atoms with Crippen molar-refractivity contribution in [2.75, 3.05) is 0 Å². The fourth-order valence-electron chi connectivity index (χ4n) is 3.90. The van der Waals surface area contributed by atoms with Crippen LogP contribution in [0.3, 0.4) is 0 Å². The van der Waals surface area contributed by atoms with E-state index in [9.17, 15) is 14.7 Å². The Morgan fingerprint density at radius 2 is 1.66 bits per heavy atom. The Labute approximate surface area is 184 Å². The molecule has 1 N–H and O–H groups in total. The molecule has 4 aromatic rings. The third-order valence-corrected chi connectivity index (χ3v) is 5.49. The molecule has 4 rings (SSSR count). The minimum Gasteiger partial charge on any atom is -0.489 e. The summed E-state index contributed by atoms with van der Waals surface area (Å²) in [4.78, 5) is 24.7. The average Bonchev–Trinajstić information content (AvgIpc) is 3.05. The molecule has 3 aromatic carbocycles. The molecule has 0 fully saturated rings. The molecule has 1 radical (unpaired) electrons. The van der Waals surface area contributed by atoms with Crippen LogP contribution in [0.25, 0.3) is 11.1 Å². The Morgan fingerprint density at radius 3 is 2.28 bits per heavy atom. The van der Waals surface area contributed by atoms with E-state index in [1.165, 1.54) is 0 Å². The van der Waals surface area contributed by atoms with Crippen LogP contribution in [0.4, 0.5) is 0 Å². The maximum absolute atomic E-state index is 11.8. The fourth-order valence-corrected chi connectivity index (χ4v) is 3.90. The third-order valence-electron chi connectivity index (χ3n) is 5.49. The summed E-state index contributed by atoms with van der Waals surface area (Å²) in [7, 11) is 0. The summed E-state index contributed by atoms with van der Waals surface area (Å²) in [6, 6.07) is 16.7. The quantitative estimate of drug-likeness (QED) is 0.486. The van der Waals surface area contributed by atoms with Gasteiger partial charge in [0.1, 0.15) is 12.4 Å². The van der Waals surface area contributed by atoms with E-state index in [0.29, 0.717) is 12.4 Å². The molecular formula is C25H23N2O5. The van der Waals surface area contributed by atoms with Gasteiger partial charge in [0.05, 0.1) is 6.54 Å². The molecule has 7 nitrogen and oxygen atoms in total. The van der Waals surface area contributed by atoms with E-state index in [-0.39, 0.29) is 12.3 Å². The maximum Gasteiger partial charge on any atom is 0.440 e. The van der Waals surface area contributed by atoms with Crippen LogP contribution in [0.2, 0.25) is 0 Å². The van der Waals surface area contributed by atoms with E-state index in [2.05, 4.69) is 18.0 Å². The highest BCUT2D eigenvalue weighted by molar-refractivity contribution is 5.75. The second kappa shape index (κ2) is 8.63. The van der Waals surface area contributed by atoms with Crippen LogP contribution < -0.4 is 16.2 Å². The summed E-state index contributed by atoms with van der Waals surface area (Å²) >= 11 is 0. The third kappa shape index (κ3) is 4.37. The number of rotatable bonds is 6. The van der Waals surface area contributed by atoms with Gasteiger partial charge in [-0.3, -0.25) is 5.11 Å². The molecule has 7 heteroatoms. The van der Waals surface area contributed by atoms with Crippen molar-refractivity contribution in [1.29, 1.82) is 0 Å². The highest BCUT2D eigenvalue weighted by Gasteiger charge is 2.13. The summed E-state index contributed by atoms with van der Waals surface area (Å²) < 4.78 is 11.7. The average molecular weight is 431 g/mol. The molecule has 0 amide bonds. The Balaban J connectivity index is 1.50. The molecule has 0 bridgehead atoms. The predicted molar refractivity (Wildman–Crippen MR) is 120 cm³/mol. The zero-order valence-electron chi connectivity index (χ0n) is 18.1. The summed E-state index contributed by atoms with van der Waals surface area (Å²) in [6.45, 7) is 6.52. The van der Waals surface area contributed by atoms with Crippen molar-refractivity contribution in [3.63, 3.8) is 0 Å². The molecule has 0 spiro atoms. The Kier molecular flexibility index (Phi) is 5.73. The van der Waals surface area contributed by atoms with Crippen molar-refractivity contribution in [2.24, 2.45) is 0 Å². The lowest BCUT2D eigenvalue weighted by atomic mass is 9.90. The standard InChI is InChI=1S/C25H23N2O5/c1-15-11-20(28)12-16(2)23(15)22-6-4-5-19(17(22)3)14-31-21-9-7-18(8-10-21)13-27-24(29)26-25(30)32-27/h4-12H,13-14H2,1-3H3,(H,26,29,30). The molecule has 0 aliphatic rings. The van der Waals surface area contributed by atoms with E-state index in [1.54, 1.807) is 12.1 Å². The summed E-state index contributed by atoms with van der Waals surface area (Å²) in [6.07, 6.45) is 0. The van der Waals surface area contributed by atoms with Crippen LogP contribution in [0, 0.1) is 20.8 Å². The number of ether oxygens (including phenoxy) is 1. The first kappa shape index (κ1) is 21.2. The highest BCUT2D eigenvalue weighted by Crippen LogP contribution is 2.34. The van der Waals surface area contributed by atoms with Gasteiger partial charge in [-0.2, -0.15) is 0 Å². The second-order valence-electron chi connectivity index (χ2n) is 7.80. The normalized spacial score (nSPS) is 11.0. The molecule has 0 unspecified atom stereocenters.